The van der Waals surface area contributed by atoms with Crippen molar-refractivity contribution in [2.45, 2.75) is 85.5 Å². The zero-order valence-corrected chi connectivity index (χ0v) is 11.5. The van der Waals surface area contributed by atoms with Gasteiger partial charge in [-0.1, -0.05) is 79.1 Å². The van der Waals surface area contributed by atoms with Crippen LogP contribution in [-0.2, 0) is 0 Å². The highest BCUT2D eigenvalue weighted by Crippen LogP contribution is 2.24. The van der Waals surface area contributed by atoms with Gasteiger partial charge in [0.1, 0.15) is 0 Å². The average molecular weight is 212 g/mol. The molecule has 0 spiro atoms. The van der Waals surface area contributed by atoms with Crippen LogP contribution in [0.2, 0.25) is 0 Å². The quantitative estimate of drug-likeness (QED) is 0.401. The van der Waals surface area contributed by atoms with E-state index < -0.39 is 0 Å². The Morgan fingerprint density at radius 2 is 1.53 bits per heavy atom. The standard InChI is InChI=1S/C15H32/c1-5-8-9-10-12-15(11-6-2)13-14(4)7-3/h14-15H,5-13H2,1-4H3. The van der Waals surface area contributed by atoms with E-state index in [9.17, 15) is 0 Å². The Labute approximate surface area is 97.8 Å². The smallest absolute Gasteiger partial charge is 0.0412 e. The van der Waals surface area contributed by atoms with Crippen molar-refractivity contribution in [1.82, 2.24) is 0 Å². The van der Waals surface area contributed by atoms with Crippen molar-refractivity contribution in [2.75, 3.05) is 0 Å². The summed E-state index contributed by atoms with van der Waals surface area (Å²) in [5, 5.41) is 0. The first-order valence-corrected chi connectivity index (χ1v) is 7.24. The van der Waals surface area contributed by atoms with Crippen molar-refractivity contribution in [1.29, 1.82) is 0 Å². The molecule has 0 aromatic heterocycles. The minimum absolute atomic E-state index is 0.938. The number of unbranched alkanes of at least 4 members (excludes halogenated alkanes) is 3. The van der Waals surface area contributed by atoms with Crippen molar-refractivity contribution >= 4 is 0 Å². The van der Waals surface area contributed by atoms with Gasteiger partial charge in [-0.15, -0.1) is 0 Å². The first-order valence-electron chi connectivity index (χ1n) is 7.24. The molecule has 0 N–H and O–H groups in total. The first-order chi connectivity index (χ1) is 7.24. The molecule has 0 aromatic carbocycles. The van der Waals surface area contributed by atoms with Crippen LogP contribution >= 0.6 is 0 Å². The summed E-state index contributed by atoms with van der Waals surface area (Å²) in [6.07, 6.45) is 12.9. The molecule has 0 aliphatic carbocycles. The fourth-order valence-electron chi connectivity index (χ4n) is 2.38. The molecule has 0 aliphatic heterocycles. The highest BCUT2D eigenvalue weighted by molar-refractivity contribution is 4.63. The van der Waals surface area contributed by atoms with Crippen molar-refractivity contribution in [3.63, 3.8) is 0 Å². The molecule has 0 rings (SSSR count). The maximum absolute atomic E-state index is 2.41. The maximum atomic E-state index is 2.41. The highest BCUT2D eigenvalue weighted by Gasteiger charge is 2.10. The average Bonchev–Trinajstić information content (AvgIpc) is 2.24. The fraction of sp³-hybridized carbons (Fsp3) is 1.00. The molecule has 0 nitrogen and oxygen atoms in total. The molecule has 0 bridgehead atoms. The minimum atomic E-state index is 0.938. The van der Waals surface area contributed by atoms with Crippen LogP contribution in [0.25, 0.3) is 0 Å². The van der Waals surface area contributed by atoms with Gasteiger partial charge in [0.25, 0.3) is 0 Å². The van der Waals surface area contributed by atoms with E-state index in [1.54, 1.807) is 0 Å². The van der Waals surface area contributed by atoms with Gasteiger partial charge in [-0.3, -0.25) is 0 Å². The van der Waals surface area contributed by atoms with Crippen LogP contribution in [0.1, 0.15) is 85.5 Å². The van der Waals surface area contributed by atoms with Crippen molar-refractivity contribution < 1.29 is 0 Å². The Morgan fingerprint density at radius 3 is 2.07 bits per heavy atom. The molecular formula is C15H32. The lowest BCUT2D eigenvalue weighted by Crippen LogP contribution is -2.06. The van der Waals surface area contributed by atoms with Gasteiger partial charge in [0.15, 0.2) is 0 Å². The largest absolute Gasteiger partial charge is 0.0654 e. The van der Waals surface area contributed by atoms with Gasteiger partial charge in [-0.25, -0.2) is 0 Å². The molecule has 15 heavy (non-hydrogen) atoms. The number of rotatable bonds is 10. The lowest BCUT2D eigenvalue weighted by molar-refractivity contribution is 0.331. The van der Waals surface area contributed by atoms with Crippen LogP contribution in [0.3, 0.4) is 0 Å². The van der Waals surface area contributed by atoms with Gasteiger partial charge in [0.05, 0.1) is 0 Å². The molecule has 0 amide bonds. The van der Waals surface area contributed by atoms with Crippen LogP contribution in [-0.4, -0.2) is 0 Å². The van der Waals surface area contributed by atoms with E-state index in [1.165, 1.54) is 57.8 Å². The Hall–Kier alpha value is 0. The second kappa shape index (κ2) is 10.5. The van der Waals surface area contributed by atoms with E-state index in [0.29, 0.717) is 0 Å². The molecule has 0 heterocycles. The minimum Gasteiger partial charge on any atom is -0.0654 e. The molecule has 0 radical (unpaired) electrons. The zero-order valence-electron chi connectivity index (χ0n) is 11.5. The van der Waals surface area contributed by atoms with E-state index >= 15 is 0 Å². The molecule has 0 fully saturated rings. The third kappa shape index (κ3) is 8.96. The molecular weight excluding hydrogens is 180 g/mol. The van der Waals surface area contributed by atoms with Crippen LogP contribution in [0.5, 0.6) is 0 Å². The van der Waals surface area contributed by atoms with Gasteiger partial charge in [-0.2, -0.15) is 0 Å². The first kappa shape index (κ1) is 15.0. The van der Waals surface area contributed by atoms with Gasteiger partial charge in [-0.05, 0) is 18.3 Å². The molecule has 0 saturated heterocycles. The third-order valence-electron chi connectivity index (χ3n) is 3.60. The second-order valence-corrected chi connectivity index (χ2v) is 5.25. The molecule has 0 aliphatic rings. The summed E-state index contributed by atoms with van der Waals surface area (Å²) >= 11 is 0. The van der Waals surface area contributed by atoms with Crippen LogP contribution in [0.4, 0.5) is 0 Å². The van der Waals surface area contributed by atoms with E-state index in [-0.39, 0.29) is 0 Å². The summed E-state index contributed by atoms with van der Waals surface area (Å²) in [5.41, 5.74) is 0. The van der Waals surface area contributed by atoms with Crippen LogP contribution in [0.15, 0.2) is 0 Å². The topological polar surface area (TPSA) is 0 Å². The van der Waals surface area contributed by atoms with Crippen LogP contribution in [0, 0.1) is 11.8 Å². The van der Waals surface area contributed by atoms with Crippen LogP contribution < -0.4 is 0 Å². The van der Waals surface area contributed by atoms with Gasteiger partial charge in [0.2, 0.25) is 0 Å². The zero-order chi connectivity index (χ0) is 11.5. The SMILES string of the molecule is CCCCCCC(CCC)CC(C)CC. The van der Waals surface area contributed by atoms with E-state index in [2.05, 4.69) is 27.7 Å². The Morgan fingerprint density at radius 1 is 0.800 bits per heavy atom. The summed E-state index contributed by atoms with van der Waals surface area (Å²) in [4.78, 5) is 0. The molecule has 0 heteroatoms. The molecule has 92 valence electrons. The summed E-state index contributed by atoms with van der Waals surface area (Å²) < 4.78 is 0. The Kier molecular flexibility index (Phi) is 10.5. The summed E-state index contributed by atoms with van der Waals surface area (Å²) in [5.74, 6) is 1.95. The molecule has 2 atom stereocenters. The van der Waals surface area contributed by atoms with E-state index in [4.69, 9.17) is 0 Å². The van der Waals surface area contributed by atoms with Crippen molar-refractivity contribution in [3.05, 3.63) is 0 Å². The molecule has 2 unspecified atom stereocenters. The van der Waals surface area contributed by atoms with Crippen molar-refractivity contribution in [2.24, 2.45) is 11.8 Å². The van der Waals surface area contributed by atoms with E-state index in [0.717, 1.165) is 11.8 Å². The Balaban J connectivity index is 3.62. The van der Waals surface area contributed by atoms with Gasteiger partial charge in [0, 0.05) is 0 Å². The normalized spacial score (nSPS) is 15.2. The lowest BCUT2D eigenvalue weighted by Gasteiger charge is -2.19. The predicted octanol–water partition coefficient (Wildman–Crippen LogP) is 5.81. The Bertz CT molecular complexity index is 117. The second-order valence-electron chi connectivity index (χ2n) is 5.25. The monoisotopic (exact) mass is 212 g/mol. The fourth-order valence-corrected chi connectivity index (χ4v) is 2.38. The summed E-state index contributed by atoms with van der Waals surface area (Å²) in [6.45, 7) is 9.36. The third-order valence-corrected chi connectivity index (χ3v) is 3.60. The van der Waals surface area contributed by atoms with Crippen molar-refractivity contribution in [3.8, 4) is 0 Å². The maximum Gasteiger partial charge on any atom is -0.0412 e. The summed E-state index contributed by atoms with van der Waals surface area (Å²) in [7, 11) is 0. The van der Waals surface area contributed by atoms with Gasteiger partial charge >= 0.3 is 0 Å². The van der Waals surface area contributed by atoms with Gasteiger partial charge < -0.3 is 0 Å². The highest BCUT2D eigenvalue weighted by atomic mass is 14.2. The lowest BCUT2D eigenvalue weighted by atomic mass is 9.87. The number of hydrogen-bond acceptors (Lipinski definition) is 0. The predicted molar refractivity (Wildman–Crippen MR) is 71.2 cm³/mol. The molecule has 0 aromatic rings. The number of hydrogen-bond donors (Lipinski definition) is 0. The summed E-state index contributed by atoms with van der Waals surface area (Å²) in [6, 6.07) is 0. The van der Waals surface area contributed by atoms with E-state index in [1.807, 2.05) is 0 Å². The molecule has 0 saturated carbocycles.